The maximum atomic E-state index is 12.2. The number of nitrogens with zero attached hydrogens (tertiary/aromatic N) is 4. The van der Waals surface area contributed by atoms with Crippen LogP contribution < -0.4 is 0 Å². The number of aromatic hydroxyl groups is 1. The molecule has 1 aliphatic heterocycles. The summed E-state index contributed by atoms with van der Waals surface area (Å²) in [6.45, 7) is 0. The minimum Gasteiger partial charge on any atom is -0.493 e. The van der Waals surface area contributed by atoms with Crippen molar-refractivity contribution in [2.45, 2.75) is 6.42 Å². The van der Waals surface area contributed by atoms with E-state index in [4.69, 9.17) is 28.6 Å². The molecule has 0 fully saturated rings. The van der Waals surface area contributed by atoms with Crippen molar-refractivity contribution in [2.75, 3.05) is 0 Å². The lowest BCUT2D eigenvalue weighted by molar-refractivity contribution is 0.0991. The van der Waals surface area contributed by atoms with Crippen molar-refractivity contribution in [3.63, 3.8) is 0 Å². The van der Waals surface area contributed by atoms with Gasteiger partial charge in [0, 0.05) is 10.6 Å². The van der Waals surface area contributed by atoms with Crippen LogP contribution in [0.3, 0.4) is 0 Å². The summed E-state index contributed by atoms with van der Waals surface area (Å²) >= 11 is 11.7. The number of hydrogen-bond donors (Lipinski definition) is 2. The van der Waals surface area contributed by atoms with E-state index in [9.17, 15) is 9.90 Å². The number of carbonyl (C=O) groups excluding carboxylic acids is 1. The fourth-order valence-electron chi connectivity index (χ4n) is 1.92. The molecule has 0 saturated carbocycles. The van der Waals surface area contributed by atoms with E-state index >= 15 is 0 Å². The van der Waals surface area contributed by atoms with Gasteiger partial charge in [0.1, 0.15) is 5.69 Å². The van der Waals surface area contributed by atoms with Crippen LogP contribution in [0.1, 0.15) is 16.1 Å². The van der Waals surface area contributed by atoms with Crippen molar-refractivity contribution >= 4 is 40.9 Å². The summed E-state index contributed by atoms with van der Waals surface area (Å²) in [6.07, 6.45) is -0.171. The maximum absolute atomic E-state index is 12.2. The average Bonchev–Trinajstić information content (AvgIpc) is 2.92. The summed E-state index contributed by atoms with van der Waals surface area (Å²) < 4.78 is 1.05. The summed E-state index contributed by atoms with van der Waals surface area (Å²) in [4.78, 5) is 16.2. The van der Waals surface area contributed by atoms with Crippen LogP contribution in [-0.2, 0) is 6.42 Å². The van der Waals surface area contributed by atoms with Gasteiger partial charge in [-0.15, -0.1) is 10.2 Å². The molecule has 2 aromatic rings. The third-order valence-corrected chi connectivity index (χ3v) is 3.46. The summed E-state index contributed by atoms with van der Waals surface area (Å²) in [5.74, 6) is -0.827. The zero-order valence-corrected chi connectivity index (χ0v) is 11.9. The van der Waals surface area contributed by atoms with Gasteiger partial charge in [0.25, 0.3) is 11.9 Å². The molecule has 106 valence electrons. The van der Waals surface area contributed by atoms with Gasteiger partial charge in [0.2, 0.25) is 5.88 Å². The highest BCUT2D eigenvalue weighted by Crippen LogP contribution is 2.30. The van der Waals surface area contributed by atoms with Crippen LogP contribution in [-0.4, -0.2) is 26.4 Å². The van der Waals surface area contributed by atoms with Crippen LogP contribution in [0.5, 0.6) is 5.88 Å². The predicted octanol–water partition coefficient (Wildman–Crippen LogP) is 3.20. The molecule has 7 nitrogen and oxygen atoms in total. The number of ketones is 1. The second-order valence-electron chi connectivity index (χ2n) is 4.27. The molecular formula is C12H7Cl2N5O2. The number of halogens is 2. The number of benzene rings is 1. The van der Waals surface area contributed by atoms with Gasteiger partial charge in [0.15, 0.2) is 5.78 Å². The zero-order chi connectivity index (χ0) is 15.1. The summed E-state index contributed by atoms with van der Waals surface area (Å²) in [5.41, 5.74) is 0.398. The van der Waals surface area contributed by atoms with Gasteiger partial charge in [-0.3, -0.25) is 10.2 Å². The topological polar surface area (TPSA) is 104 Å². The second-order valence-corrected chi connectivity index (χ2v) is 5.11. The van der Waals surface area contributed by atoms with Gasteiger partial charge in [-0.05, 0) is 18.2 Å². The Labute approximate surface area is 128 Å². The van der Waals surface area contributed by atoms with Crippen molar-refractivity contribution in [3.05, 3.63) is 39.5 Å². The first kappa shape index (κ1) is 13.7. The Hall–Kier alpha value is -2.25. The molecule has 0 amide bonds. The Balaban J connectivity index is 1.91. The highest BCUT2D eigenvalue weighted by molar-refractivity contribution is 6.36. The zero-order valence-electron chi connectivity index (χ0n) is 10.3. The molecule has 3 rings (SSSR count). The van der Waals surface area contributed by atoms with Crippen molar-refractivity contribution in [3.8, 4) is 5.88 Å². The van der Waals surface area contributed by atoms with Crippen LogP contribution >= 0.6 is 23.2 Å². The molecule has 2 N–H and O–H groups in total. The minimum absolute atomic E-state index is 0.0718. The fraction of sp³-hybridized carbons (Fsp3) is 0.0833. The van der Waals surface area contributed by atoms with Gasteiger partial charge >= 0.3 is 0 Å². The van der Waals surface area contributed by atoms with E-state index in [2.05, 4.69) is 15.2 Å². The highest BCUT2D eigenvalue weighted by atomic mass is 35.5. The molecule has 21 heavy (non-hydrogen) atoms. The fourth-order valence-corrected chi connectivity index (χ4v) is 2.44. The second kappa shape index (κ2) is 4.94. The number of imidazole rings is 1. The van der Waals surface area contributed by atoms with Crippen LogP contribution in [0.15, 0.2) is 28.4 Å². The van der Waals surface area contributed by atoms with Crippen LogP contribution in [0.2, 0.25) is 10.0 Å². The molecular weight excluding hydrogens is 317 g/mol. The SMILES string of the molecule is N=C1N=Nc2nc(CC(=O)c3ccc(Cl)cc3Cl)c(O)n21. The monoisotopic (exact) mass is 323 g/mol. The van der Waals surface area contributed by atoms with Gasteiger partial charge in [0.05, 0.1) is 11.4 Å². The molecule has 0 aliphatic carbocycles. The Morgan fingerprint density at radius 2 is 2.10 bits per heavy atom. The molecule has 1 aliphatic rings. The van der Waals surface area contributed by atoms with E-state index in [0.717, 1.165) is 4.57 Å². The number of carbonyl (C=O) groups is 1. The van der Waals surface area contributed by atoms with Crippen molar-refractivity contribution in [1.82, 2.24) is 9.55 Å². The third-order valence-electron chi connectivity index (χ3n) is 2.91. The van der Waals surface area contributed by atoms with Crippen molar-refractivity contribution in [1.29, 1.82) is 5.41 Å². The van der Waals surface area contributed by atoms with Crippen molar-refractivity contribution < 1.29 is 9.90 Å². The molecule has 0 saturated heterocycles. The molecule has 0 bridgehead atoms. The van der Waals surface area contributed by atoms with Gasteiger partial charge < -0.3 is 5.11 Å². The van der Waals surface area contributed by atoms with Crippen LogP contribution in [0, 0.1) is 5.41 Å². The molecule has 1 aromatic carbocycles. The van der Waals surface area contributed by atoms with E-state index in [1.165, 1.54) is 12.1 Å². The Bertz CT molecular complexity index is 812. The first-order chi connectivity index (χ1) is 9.97. The van der Waals surface area contributed by atoms with Gasteiger partial charge in [-0.25, -0.2) is 9.55 Å². The Morgan fingerprint density at radius 3 is 2.76 bits per heavy atom. The molecule has 0 radical (unpaired) electrons. The van der Waals surface area contributed by atoms with Crippen molar-refractivity contribution in [2.24, 2.45) is 10.2 Å². The Kier molecular flexibility index (Phi) is 3.23. The molecule has 0 atom stereocenters. The van der Waals surface area contributed by atoms with E-state index in [0.29, 0.717) is 5.02 Å². The molecule has 0 unspecified atom stereocenters. The largest absolute Gasteiger partial charge is 0.493 e. The Morgan fingerprint density at radius 1 is 1.33 bits per heavy atom. The first-order valence-electron chi connectivity index (χ1n) is 5.77. The molecule has 2 heterocycles. The molecule has 1 aromatic heterocycles. The van der Waals surface area contributed by atoms with E-state index in [1.807, 2.05) is 0 Å². The lowest BCUT2D eigenvalue weighted by Gasteiger charge is -2.03. The molecule has 9 heteroatoms. The average molecular weight is 324 g/mol. The van der Waals surface area contributed by atoms with E-state index in [1.54, 1.807) is 6.07 Å². The van der Waals surface area contributed by atoms with Crippen LogP contribution in [0.4, 0.5) is 5.95 Å². The number of azo groups is 1. The molecule has 0 spiro atoms. The first-order valence-corrected chi connectivity index (χ1v) is 6.52. The van der Waals surface area contributed by atoms with Crippen LogP contribution in [0.25, 0.3) is 0 Å². The van der Waals surface area contributed by atoms with E-state index < -0.39 is 0 Å². The quantitative estimate of drug-likeness (QED) is 0.847. The number of hydrogen-bond acceptors (Lipinski definition) is 5. The maximum Gasteiger partial charge on any atom is 0.259 e. The summed E-state index contributed by atoms with van der Waals surface area (Å²) in [5, 5.41) is 25.2. The number of nitrogens with one attached hydrogen (secondary N) is 1. The summed E-state index contributed by atoms with van der Waals surface area (Å²) in [7, 11) is 0. The van der Waals surface area contributed by atoms with Gasteiger partial charge in [-0.1, -0.05) is 23.2 Å². The number of fused-ring (bicyclic) bond motifs is 1. The highest BCUT2D eigenvalue weighted by Gasteiger charge is 2.25. The lowest BCUT2D eigenvalue weighted by atomic mass is 10.1. The normalized spacial score (nSPS) is 12.8. The van der Waals surface area contributed by atoms with E-state index in [-0.39, 0.29) is 46.3 Å². The minimum atomic E-state index is -0.327. The number of Topliss-reactive ketones (excluding diaryl/α,β-unsaturated/α-hetero) is 1. The predicted molar refractivity (Wildman–Crippen MR) is 76.0 cm³/mol. The third kappa shape index (κ3) is 2.30. The number of rotatable bonds is 3. The standard InChI is InChI=1S/C12H7Cl2N5O2/c13-5-1-2-6(7(14)3-5)9(20)4-8-10(21)19-11(15)17-18-12(19)16-8/h1-3,15,21H,4H2. The number of aromatic nitrogens is 2. The summed E-state index contributed by atoms with van der Waals surface area (Å²) in [6, 6.07) is 4.53. The smallest absolute Gasteiger partial charge is 0.259 e. The lowest BCUT2D eigenvalue weighted by Crippen LogP contribution is -2.06. The van der Waals surface area contributed by atoms with Gasteiger partial charge in [-0.2, -0.15) is 0 Å².